The topological polar surface area (TPSA) is 3.24 Å². The van der Waals surface area contributed by atoms with Gasteiger partial charge >= 0.3 is 0 Å². The largest absolute Gasteiger partial charge is 0.300 e. The van der Waals surface area contributed by atoms with Gasteiger partial charge in [0.05, 0.1) is 0 Å². The van der Waals surface area contributed by atoms with E-state index in [1.165, 1.54) is 63.6 Å². The zero-order valence-corrected chi connectivity index (χ0v) is 13.7. The minimum Gasteiger partial charge on any atom is -0.300 e. The van der Waals surface area contributed by atoms with E-state index >= 15 is 0 Å². The minimum absolute atomic E-state index is 0.891. The maximum absolute atomic E-state index is 3.50. The van der Waals surface area contributed by atoms with Gasteiger partial charge in [-0.25, -0.2) is 0 Å². The lowest BCUT2D eigenvalue weighted by atomic mass is 10.0. The highest BCUT2D eigenvalue weighted by atomic mass is 79.9. The van der Waals surface area contributed by atoms with Crippen LogP contribution in [0.15, 0.2) is 34.3 Å². The lowest BCUT2D eigenvalue weighted by Gasteiger charge is -2.26. The zero-order chi connectivity index (χ0) is 13.8. The summed E-state index contributed by atoms with van der Waals surface area (Å²) in [4.78, 5) is 2.76. The molecule has 0 aromatic heterocycles. The summed E-state index contributed by atoms with van der Waals surface area (Å²) in [6.45, 7) is 2.58. The number of likely N-dealkylation sites (tertiary alicyclic amines) is 1. The summed E-state index contributed by atoms with van der Waals surface area (Å²) in [7, 11) is 0. The van der Waals surface area contributed by atoms with E-state index in [0.29, 0.717) is 0 Å². The molecule has 1 nitrogen and oxygen atoms in total. The molecule has 2 heteroatoms. The van der Waals surface area contributed by atoms with Gasteiger partial charge in [-0.3, -0.25) is 0 Å². The Kier molecular flexibility index (Phi) is 4.95. The van der Waals surface area contributed by atoms with Crippen LogP contribution in [0.1, 0.15) is 50.5 Å². The molecule has 2 aliphatic rings. The van der Waals surface area contributed by atoms with Crippen molar-refractivity contribution in [2.24, 2.45) is 0 Å². The number of hydrogen-bond donors (Lipinski definition) is 0. The molecule has 0 amide bonds. The highest BCUT2D eigenvalue weighted by Crippen LogP contribution is 2.27. The van der Waals surface area contributed by atoms with E-state index in [0.717, 1.165) is 10.5 Å². The van der Waals surface area contributed by atoms with E-state index in [2.05, 4.69) is 51.2 Å². The monoisotopic (exact) mass is 333 g/mol. The van der Waals surface area contributed by atoms with Gasteiger partial charge in [0.15, 0.2) is 0 Å². The van der Waals surface area contributed by atoms with Crippen LogP contribution in [-0.2, 0) is 0 Å². The first-order valence-electron chi connectivity index (χ1n) is 8.00. The van der Waals surface area contributed by atoms with Gasteiger partial charge in [-0.05, 0) is 56.3 Å². The molecule has 1 aromatic carbocycles. The lowest BCUT2D eigenvalue weighted by Crippen LogP contribution is -2.33. The highest BCUT2D eigenvalue weighted by Gasteiger charge is 2.23. The Labute approximate surface area is 131 Å². The van der Waals surface area contributed by atoms with Crippen molar-refractivity contribution in [2.75, 3.05) is 13.1 Å². The molecule has 20 heavy (non-hydrogen) atoms. The molecule has 0 spiro atoms. The molecule has 0 N–H and O–H groups in total. The Morgan fingerprint density at radius 3 is 2.45 bits per heavy atom. The number of benzene rings is 1. The van der Waals surface area contributed by atoms with Crippen LogP contribution in [0.2, 0.25) is 0 Å². The van der Waals surface area contributed by atoms with Crippen LogP contribution < -0.4 is 0 Å². The van der Waals surface area contributed by atoms with Gasteiger partial charge < -0.3 is 4.90 Å². The molecule has 108 valence electrons. The maximum Gasteiger partial charge on any atom is 0.0175 e. The van der Waals surface area contributed by atoms with Gasteiger partial charge in [0.2, 0.25) is 0 Å². The van der Waals surface area contributed by atoms with Crippen LogP contribution in [0.3, 0.4) is 0 Å². The van der Waals surface area contributed by atoms with Crippen LogP contribution in [0.25, 0.3) is 6.08 Å². The highest BCUT2D eigenvalue weighted by molar-refractivity contribution is 9.10. The number of nitrogens with zero attached hydrogens (tertiary/aromatic N) is 1. The molecule has 0 unspecified atom stereocenters. The van der Waals surface area contributed by atoms with Gasteiger partial charge in [0.25, 0.3) is 0 Å². The average molecular weight is 334 g/mol. The van der Waals surface area contributed by atoms with E-state index in [9.17, 15) is 0 Å². The van der Waals surface area contributed by atoms with Crippen molar-refractivity contribution in [1.29, 1.82) is 0 Å². The molecular formula is C18H24BrN. The molecule has 0 radical (unpaired) electrons. The summed E-state index contributed by atoms with van der Waals surface area (Å²) in [5.74, 6) is 0. The predicted octanol–water partition coefficient (Wildman–Crippen LogP) is 5.26. The molecular weight excluding hydrogens is 310 g/mol. The molecule has 3 rings (SSSR count). The summed E-state index contributed by atoms with van der Waals surface area (Å²) in [5.41, 5.74) is 2.98. The molecule has 1 heterocycles. The molecule has 0 bridgehead atoms. The Bertz CT molecular complexity index is 457. The van der Waals surface area contributed by atoms with Crippen molar-refractivity contribution in [3.63, 3.8) is 0 Å². The van der Waals surface area contributed by atoms with Gasteiger partial charge in [-0.15, -0.1) is 0 Å². The average Bonchev–Trinajstić information content (AvgIpc) is 2.89. The second-order valence-corrected chi connectivity index (χ2v) is 7.10. The van der Waals surface area contributed by atoms with E-state index in [-0.39, 0.29) is 0 Å². The smallest absolute Gasteiger partial charge is 0.0175 e. The summed E-state index contributed by atoms with van der Waals surface area (Å²) < 4.78 is 1.16. The molecule has 0 atom stereocenters. The van der Waals surface area contributed by atoms with Crippen LogP contribution in [-0.4, -0.2) is 24.0 Å². The van der Waals surface area contributed by atoms with E-state index < -0.39 is 0 Å². The summed E-state index contributed by atoms with van der Waals surface area (Å²) >= 11 is 3.50. The molecule has 1 aliphatic carbocycles. The van der Waals surface area contributed by atoms with Crippen LogP contribution in [0, 0.1) is 0 Å². The van der Waals surface area contributed by atoms with Crippen molar-refractivity contribution in [1.82, 2.24) is 4.90 Å². The zero-order valence-electron chi connectivity index (χ0n) is 12.2. The van der Waals surface area contributed by atoms with Gasteiger partial charge in [0, 0.05) is 17.1 Å². The second-order valence-electron chi connectivity index (χ2n) is 6.18. The third-order valence-electron chi connectivity index (χ3n) is 4.75. The van der Waals surface area contributed by atoms with E-state index in [4.69, 9.17) is 0 Å². The van der Waals surface area contributed by atoms with Gasteiger partial charge in [0.1, 0.15) is 0 Å². The number of halogens is 1. The third-order valence-corrected chi connectivity index (χ3v) is 5.27. The summed E-state index contributed by atoms with van der Waals surface area (Å²) in [6.07, 6.45) is 12.0. The van der Waals surface area contributed by atoms with E-state index in [1.807, 2.05) is 0 Å². The minimum atomic E-state index is 0.891. The second kappa shape index (κ2) is 6.91. The van der Waals surface area contributed by atoms with Crippen molar-refractivity contribution in [2.45, 2.75) is 51.0 Å². The number of hydrogen-bond acceptors (Lipinski definition) is 1. The predicted molar refractivity (Wildman–Crippen MR) is 89.8 cm³/mol. The molecule has 1 aliphatic heterocycles. The van der Waals surface area contributed by atoms with Gasteiger partial charge in [-0.2, -0.15) is 0 Å². The van der Waals surface area contributed by atoms with Crippen molar-refractivity contribution < 1.29 is 0 Å². The van der Waals surface area contributed by atoms with Crippen LogP contribution in [0.5, 0.6) is 0 Å². The Morgan fingerprint density at radius 2 is 1.70 bits per heavy atom. The van der Waals surface area contributed by atoms with Crippen LogP contribution in [0.4, 0.5) is 0 Å². The first-order valence-corrected chi connectivity index (χ1v) is 8.79. The quantitative estimate of drug-likeness (QED) is 0.713. The normalized spacial score (nSPS) is 24.1. The van der Waals surface area contributed by atoms with Gasteiger partial charge in [-0.1, -0.05) is 52.6 Å². The van der Waals surface area contributed by atoms with Crippen molar-refractivity contribution in [3.05, 3.63) is 39.9 Å². The lowest BCUT2D eigenvalue weighted by molar-refractivity contribution is 0.208. The maximum atomic E-state index is 3.50. The number of rotatable bonds is 2. The van der Waals surface area contributed by atoms with E-state index in [1.54, 1.807) is 5.57 Å². The first kappa shape index (κ1) is 14.3. The standard InChI is InChI=1S/C18H24BrN/c19-17-9-7-16(8-10-17)14-15-4-3-12-20(13-11-15)18-5-1-2-6-18/h7-10,14,18H,1-6,11-13H2/b15-14+. The fraction of sp³-hybridized carbons (Fsp3) is 0.556. The molecule has 2 fully saturated rings. The summed E-state index contributed by atoms with van der Waals surface area (Å²) in [6, 6.07) is 9.57. The fourth-order valence-electron chi connectivity index (χ4n) is 3.61. The van der Waals surface area contributed by atoms with Crippen LogP contribution >= 0.6 is 15.9 Å². The Morgan fingerprint density at radius 1 is 0.950 bits per heavy atom. The van der Waals surface area contributed by atoms with Crippen molar-refractivity contribution >= 4 is 22.0 Å². The SMILES string of the molecule is Brc1ccc(/C=C2\CCCN(C3CCCC3)CC2)cc1. The first-order chi connectivity index (χ1) is 9.81. The fourth-order valence-corrected chi connectivity index (χ4v) is 3.87. The molecule has 1 aromatic rings. The third kappa shape index (κ3) is 3.73. The Balaban J connectivity index is 1.62. The molecule has 1 saturated heterocycles. The molecule has 1 saturated carbocycles. The summed E-state index contributed by atoms with van der Waals surface area (Å²) in [5, 5.41) is 0. The van der Waals surface area contributed by atoms with Crippen molar-refractivity contribution in [3.8, 4) is 0 Å². The Hall–Kier alpha value is -0.600.